The first-order valence-corrected chi connectivity index (χ1v) is 8.21. The monoisotopic (exact) mass is 392 g/mol. The van der Waals surface area contributed by atoms with Gasteiger partial charge < -0.3 is 37.9 Å². The van der Waals surface area contributed by atoms with Gasteiger partial charge in [0.1, 0.15) is 28.1 Å². The number of aromatic hydroxyl groups is 1. The smallest absolute Gasteiger partial charge is 0.204 e. The van der Waals surface area contributed by atoms with E-state index in [9.17, 15) is 9.90 Å². The van der Waals surface area contributed by atoms with Gasteiger partial charge in [-0.1, -0.05) is 0 Å². The van der Waals surface area contributed by atoms with E-state index >= 15 is 0 Å². The lowest BCUT2D eigenvalue weighted by atomic mass is 10.1. The second-order valence-corrected chi connectivity index (χ2v) is 5.69. The quantitative estimate of drug-likeness (QED) is 0.434. The van der Waals surface area contributed by atoms with E-state index in [0.717, 1.165) is 0 Å². The molecule has 1 N–H and O–H groups in total. The molecule has 9 heteroatoms. The summed E-state index contributed by atoms with van der Waals surface area (Å²) in [5.41, 5.74) is -0.0175. The van der Waals surface area contributed by atoms with Crippen molar-refractivity contribution < 1.29 is 37.9 Å². The van der Waals surface area contributed by atoms with E-state index in [2.05, 4.69) is 0 Å². The van der Waals surface area contributed by atoms with Crippen LogP contribution in [0.1, 0.15) is 0 Å². The van der Waals surface area contributed by atoms with Crippen molar-refractivity contribution in [1.29, 1.82) is 0 Å². The van der Waals surface area contributed by atoms with Crippen molar-refractivity contribution in [2.75, 3.05) is 41.7 Å². The van der Waals surface area contributed by atoms with E-state index in [1.54, 1.807) is 0 Å². The minimum atomic E-state index is -0.424. The van der Waals surface area contributed by atoms with Crippen LogP contribution in [0.4, 0.5) is 0 Å². The number of fused-ring (bicyclic) bond motifs is 2. The maximum Gasteiger partial charge on any atom is 0.204 e. The molecule has 0 saturated heterocycles. The van der Waals surface area contributed by atoms with Gasteiger partial charge in [0.25, 0.3) is 0 Å². The maximum atomic E-state index is 12.9. The van der Waals surface area contributed by atoms with E-state index < -0.39 is 5.43 Å². The summed E-state index contributed by atoms with van der Waals surface area (Å²) in [6, 6.07) is 5.81. The molecule has 28 heavy (non-hydrogen) atoms. The zero-order valence-electron chi connectivity index (χ0n) is 15.6. The molecule has 3 rings (SSSR count). The standard InChI is InChI=1S/C19H20O9/c1-22-8-25-11-4-13(20)18-17(5-11)28-14-7-16(27-10-24-3)15(26-9-23-2)6-12(14)19(18)21/h4-7,20H,8-10H2,1-3H3. The summed E-state index contributed by atoms with van der Waals surface area (Å²) in [5.74, 6) is 0.617. The van der Waals surface area contributed by atoms with Crippen LogP contribution in [-0.2, 0) is 14.2 Å². The van der Waals surface area contributed by atoms with Crippen molar-refractivity contribution >= 4 is 21.9 Å². The Labute approximate surface area is 159 Å². The first-order chi connectivity index (χ1) is 13.6. The van der Waals surface area contributed by atoms with Crippen LogP contribution >= 0.6 is 0 Å². The SMILES string of the molecule is COCOc1cc(O)c2c(=O)c3cc(OCOC)c(OCOC)cc3oc2c1. The van der Waals surface area contributed by atoms with Crippen molar-refractivity contribution in [2.45, 2.75) is 0 Å². The zero-order chi connectivity index (χ0) is 20.1. The minimum Gasteiger partial charge on any atom is -0.507 e. The number of methoxy groups -OCH3 is 3. The average Bonchev–Trinajstić information content (AvgIpc) is 2.68. The van der Waals surface area contributed by atoms with E-state index in [0.29, 0.717) is 11.5 Å². The molecule has 0 saturated carbocycles. The highest BCUT2D eigenvalue weighted by Gasteiger charge is 2.17. The number of ether oxygens (including phenoxy) is 6. The molecule has 0 atom stereocenters. The van der Waals surface area contributed by atoms with Crippen LogP contribution in [0.5, 0.6) is 23.0 Å². The van der Waals surface area contributed by atoms with Crippen LogP contribution in [0.25, 0.3) is 21.9 Å². The Morgan fingerprint density at radius 3 is 2.07 bits per heavy atom. The van der Waals surface area contributed by atoms with Crippen LogP contribution in [0.2, 0.25) is 0 Å². The largest absolute Gasteiger partial charge is 0.507 e. The highest BCUT2D eigenvalue weighted by molar-refractivity contribution is 5.95. The second-order valence-electron chi connectivity index (χ2n) is 5.69. The molecule has 0 radical (unpaired) electrons. The van der Waals surface area contributed by atoms with Crippen molar-refractivity contribution in [2.24, 2.45) is 0 Å². The third kappa shape index (κ3) is 3.96. The third-order valence-corrected chi connectivity index (χ3v) is 3.80. The van der Waals surface area contributed by atoms with Gasteiger partial charge in [-0.15, -0.1) is 0 Å². The molecule has 0 bridgehead atoms. The van der Waals surface area contributed by atoms with Gasteiger partial charge in [0.15, 0.2) is 31.9 Å². The number of phenols is 1. The Hall–Kier alpha value is -3.01. The topological polar surface area (TPSA) is 106 Å². The maximum absolute atomic E-state index is 12.9. The predicted molar refractivity (Wildman–Crippen MR) is 99.2 cm³/mol. The van der Waals surface area contributed by atoms with Crippen LogP contribution in [0, 0.1) is 0 Å². The molecule has 1 heterocycles. The van der Waals surface area contributed by atoms with Gasteiger partial charge in [0, 0.05) is 39.5 Å². The minimum absolute atomic E-state index is 0.0159. The Morgan fingerprint density at radius 1 is 0.821 bits per heavy atom. The second kappa shape index (κ2) is 8.79. The molecule has 0 aliphatic rings. The molecule has 3 aromatic rings. The molecule has 1 aromatic heterocycles. The van der Waals surface area contributed by atoms with Crippen molar-refractivity contribution in [3.63, 3.8) is 0 Å². The molecule has 0 unspecified atom stereocenters. The number of benzene rings is 2. The molecule has 0 aliphatic carbocycles. The fourth-order valence-electron chi connectivity index (χ4n) is 2.62. The van der Waals surface area contributed by atoms with Gasteiger partial charge in [-0.05, 0) is 6.07 Å². The predicted octanol–water partition coefficient (Wildman–Crippen LogP) is 2.60. The molecule has 0 aliphatic heterocycles. The normalized spacial score (nSPS) is 11.1. The van der Waals surface area contributed by atoms with E-state index in [-0.39, 0.29) is 53.8 Å². The molecule has 2 aromatic carbocycles. The zero-order valence-corrected chi connectivity index (χ0v) is 15.6. The Balaban J connectivity index is 2.19. The average molecular weight is 392 g/mol. The summed E-state index contributed by atoms with van der Waals surface area (Å²) in [4.78, 5) is 12.9. The number of phenolic OH excluding ortho intramolecular Hbond substituents is 1. The molecule has 0 spiro atoms. The molecular weight excluding hydrogens is 372 g/mol. The summed E-state index contributed by atoms with van der Waals surface area (Å²) in [6.07, 6.45) is 0. The van der Waals surface area contributed by atoms with Crippen LogP contribution in [0.3, 0.4) is 0 Å². The van der Waals surface area contributed by atoms with Gasteiger partial charge >= 0.3 is 0 Å². The Morgan fingerprint density at radius 2 is 1.43 bits per heavy atom. The summed E-state index contributed by atoms with van der Waals surface area (Å²) < 4.78 is 36.8. The highest BCUT2D eigenvalue weighted by atomic mass is 16.7. The van der Waals surface area contributed by atoms with Gasteiger partial charge in [0.2, 0.25) is 5.43 Å². The van der Waals surface area contributed by atoms with Gasteiger partial charge in [0.05, 0.1) is 5.39 Å². The van der Waals surface area contributed by atoms with Gasteiger partial charge in [-0.2, -0.15) is 0 Å². The number of hydrogen-bond acceptors (Lipinski definition) is 9. The Bertz CT molecular complexity index is 1030. The van der Waals surface area contributed by atoms with Crippen molar-refractivity contribution in [1.82, 2.24) is 0 Å². The number of rotatable bonds is 9. The van der Waals surface area contributed by atoms with Gasteiger partial charge in [-0.3, -0.25) is 4.79 Å². The summed E-state index contributed by atoms with van der Waals surface area (Å²) in [5, 5.41) is 10.5. The molecule has 0 fully saturated rings. The molecule has 150 valence electrons. The highest BCUT2D eigenvalue weighted by Crippen LogP contribution is 2.35. The van der Waals surface area contributed by atoms with Crippen molar-refractivity contribution in [3.8, 4) is 23.0 Å². The summed E-state index contributed by atoms with van der Waals surface area (Å²) in [6.45, 7) is -0.0837. The summed E-state index contributed by atoms with van der Waals surface area (Å²) in [7, 11) is 4.42. The first kappa shape index (κ1) is 19.7. The lowest BCUT2D eigenvalue weighted by Gasteiger charge is -2.13. The van der Waals surface area contributed by atoms with E-state index in [1.165, 1.54) is 45.6 Å². The van der Waals surface area contributed by atoms with Crippen LogP contribution in [0.15, 0.2) is 33.5 Å². The van der Waals surface area contributed by atoms with Crippen molar-refractivity contribution in [3.05, 3.63) is 34.5 Å². The molecule has 0 amide bonds. The summed E-state index contributed by atoms with van der Waals surface area (Å²) >= 11 is 0. The van der Waals surface area contributed by atoms with E-state index in [4.69, 9.17) is 32.8 Å². The van der Waals surface area contributed by atoms with E-state index in [1.807, 2.05) is 0 Å². The van der Waals surface area contributed by atoms with Crippen LogP contribution in [-0.4, -0.2) is 46.8 Å². The fraction of sp³-hybridized carbons (Fsp3) is 0.316. The lowest BCUT2D eigenvalue weighted by molar-refractivity contribution is 0.0324. The lowest BCUT2D eigenvalue weighted by Crippen LogP contribution is -2.07. The molecule has 9 nitrogen and oxygen atoms in total. The number of hydrogen-bond donors (Lipinski definition) is 1. The van der Waals surface area contributed by atoms with Crippen LogP contribution < -0.4 is 19.6 Å². The Kier molecular flexibility index (Phi) is 6.19. The first-order valence-electron chi connectivity index (χ1n) is 8.21. The third-order valence-electron chi connectivity index (χ3n) is 3.80. The fourth-order valence-corrected chi connectivity index (χ4v) is 2.62. The molecular formula is C19H20O9. The van der Waals surface area contributed by atoms with Gasteiger partial charge in [-0.25, -0.2) is 0 Å².